The number of ether oxygens (including phenoxy) is 1. The zero-order valence-electron chi connectivity index (χ0n) is 10.3. The summed E-state index contributed by atoms with van der Waals surface area (Å²) in [7, 11) is 0. The molecule has 3 nitrogen and oxygen atoms in total. The third-order valence-electron chi connectivity index (χ3n) is 2.91. The van der Waals surface area contributed by atoms with Gasteiger partial charge in [-0.25, -0.2) is 4.99 Å². The Bertz CT molecular complexity index is 734. The SMILES string of the molecule is S=C=Nc1ccc2c(c1)N=C(c1ccc(Br)cc1)CO2. The van der Waals surface area contributed by atoms with Crippen LogP contribution in [0, 0.1) is 0 Å². The number of isothiocyanates is 1. The molecule has 1 aliphatic rings. The molecular weight excluding hydrogens is 336 g/mol. The highest BCUT2D eigenvalue weighted by atomic mass is 79.9. The van der Waals surface area contributed by atoms with Gasteiger partial charge in [0.2, 0.25) is 0 Å². The zero-order valence-corrected chi connectivity index (χ0v) is 12.7. The van der Waals surface area contributed by atoms with Crippen molar-refractivity contribution in [1.29, 1.82) is 0 Å². The lowest BCUT2D eigenvalue weighted by Gasteiger charge is -2.17. The molecule has 0 spiro atoms. The molecule has 3 rings (SSSR count). The van der Waals surface area contributed by atoms with Gasteiger partial charge >= 0.3 is 0 Å². The highest BCUT2D eigenvalue weighted by molar-refractivity contribution is 9.10. The van der Waals surface area contributed by atoms with Gasteiger partial charge in [0.1, 0.15) is 18.0 Å². The maximum atomic E-state index is 5.72. The third-order valence-corrected chi connectivity index (χ3v) is 3.53. The van der Waals surface area contributed by atoms with E-state index in [2.05, 4.69) is 43.3 Å². The molecular formula is C15H9BrN2OS. The van der Waals surface area contributed by atoms with E-state index in [9.17, 15) is 0 Å². The van der Waals surface area contributed by atoms with Gasteiger partial charge in [-0.3, -0.25) is 0 Å². The molecule has 0 fully saturated rings. The summed E-state index contributed by atoms with van der Waals surface area (Å²) in [5.74, 6) is 0.759. The fraction of sp³-hybridized carbons (Fsp3) is 0.0667. The van der Waals surface area contributed by atoms with Crippen molar-refractivity contribution >= 4 is 50.4 Å². The fourth-order valence-corrected chi connectivity index (χ4v) is 2.32. The topological polar surface area (TPSA) is 34.0 Å². The molecule has 0 bridgehead atoms. The first kappa shape index (κ1) is 13.2. The van der Waals surface area contributed by atoms with Crippen molar-refractivity contribution in [3.05, 3.63) is 52.5 Å². The molecule has 0 aromatic heterocycles. The highest BCUT2D eigenvalue weighted by Crippen LogP contribution is 2.35. The molecule has 98 valence electrons. The van der Waals surface area contributed by atoms with Crippen LogP contribution in [0.15, 0.2) is 56.9 Å². The van der Waals surface area contributed by atoms with Gasteiger partial charge in [0, 0.05) is 4.47 Å². The molecule has 0 unspecified atom stereocenters. The molecule has 0 radical (unpaired) electrons. The molecule has 0 saturated carbocycles. The van der Waals surface area contributed by atoms with Gasteiger partial charge in [-0.05, 0) is 48.1 Å². The summed E-state index contributed by atoms with van der Waals surface area (Å²) in [6.45, 7) is 0.463. The number of halogens is 1. The smallest absolute Gasteiger partial charge is 0.145 e. The lowest BCUT2D eigenvalue weighted by atomic mass is 10.1. The Morgan fingerprint density at radius 3 is 2.75 bits per heavy atom. The normalized spacial score (nSPS) is 12.8. The quantitative estimate of drug-likeness (QED) is 0.584. The van der Waals surface area contributed by atoms with Crippen molar-refractivity contribution in [1.82, 2.24) is 0 Å². The summed E-state index contributed by atoms with van der Waals surface area (Å²) < 4.78 is 6.76. The molecule has 2 aromatic carbocycles. The second kappa shape index (κ2) is 5.67. The van der Waals surface area contributed by atoms with Crippen molar-refractivity contribution < 1.29 is 4.74 Å². The molecule has 0 aliphatic carbocycles. The molecule has 2 aromatic rings. The molecule has 1 aliphatic heterocycles. The van der Waals surface area contributed by atoms with E-state index in [1.54, 1.807) is 0 Å². The number of rotatable bonds is 2. The first-order valence-electron chi connectivity index (χ1n) is 5.94. The Morgan fingerprint density at radius 1 is 1.20 bits per heavy atom. The zero-order chi connectivity index (χ0) is 13.9. The average molecular weight is 345 g/mol. The Labute approximate surface area is 130 Å². The monoisotopic (exact) mass is 344 g/mol. The fourth-order valence-electron chi connectivity index (χ4n) is 1.95. The summed E-state index contributed by atoms with van der Waals surface area (Å²) in [6, 6.07) is 13.5. The van der Waals surface area contributed by atoms with Crippen LogP contribution in [-0.2, 0) is 0 Å². The summed E-state index contributed by atoms with van der Waals surface area (Å²) in [6.07, 6.45) is 0. The van der Waals surface area contributed by atoms with Crippen molar-refractivity contribution in [2.75, 3.05) is 6.61 Å². The number of fused-ring (bicyclic) bond motifs is 1. The molecule has 0 atom stereocenters. The number of hydrogen-bond acceptors (Lipinski definition) is 4. The van der Waals surface area contributed by atoms with Gasteiger partial charge < -0.3 is 4.74 Å². The van der Waals surface area contributed by atoms with Crippen LogP contribution in [0.3, 0.4) is 0 Å². The lowest BCUT2D eigenvalue weighted by Crippen LogP contribution is -2.16. The van der Waals surface area contributed by atoms with Gasteiger partial charge in [0.05, 0.1) is 16.6 Å². The van der Waals surface area contributed by atoms with Crippen LogP contribution >= 0.6 is 28.1 Å². The first-order chi connectivity index (χ1) is 9.76. The van der Waals surface area contributed by atoms with Crippen molar-refractivity contribution in [2.45, 2.75) is 0 Å². The Morgan fingerprint density at radius 2 is 2.00 bits per heavy atom. The van der Waals surface area contributed by atoms with Crippen molar-refractivity contribution in [2.24, 2.45) is 9.98 Å². The van der Waals surface area contributed by atoms with E-state index in [0.717, 1.165) is 32.9 Å². The van der Waals surface area contributed by atoms with Crippen molar-refractivity contribution in [3.63, 3.8) is 0 Å². The second-order valence-electron chi connectivity index (χ2n) is 4.21. The number of thiocarbonyl (C=S) groups is 1. The van der Waals surface area contributed by atoms with Gasteiger partial charge in [0.15, 0.2) is 0 Å². The maximum absolute atomic E-state index is 5.72. The van der Waals surface area contributed by atoms with Crippen LogP contribution in [0.1, 0.15) is 5.56 Å². The van der Waals surface area contributed by atoms with Crippen LogP contribution in [0.2, 0.25) is 0 Å². The van der Waals surface area contributed by atoms with Gasteiger partial charge in [-0.15, -0.1) is 0 Å². The standard InChI is InChI=1S/C15H9BrN2OS/c16-11-3-1-10(2-4-11)14-8-19-15-6-5-12(17-9-20)7-13(15)18-14/h1-7H,8H2. The summed E-state index contributed by atoms with van der Waals surface area (Å²) >= 11 is 8.03. The van der Waals surface area contributed by atoms with Crippen molar-refractivity contribution in [3.8, 4) is 5.75 Å². The van der Waals surface area contributed by atoms with E-state index in [-0.39, 0.29) is 0 Å². The minimum Gasteiger partial charge on any atom is -0.485 e. The molecule has 0 saturated heterocycles. The Hall–Kier alpha value is -1.81. The van der Waals surface area contributed by atoms with Crippen LogP contribution in [0.5, 0.6) is 5.75 Å². The van der Waals surface area contributed by atoms with Gasteiger partial charge in [0.25, 0.3) is 0 Å². The van der Waals surface area contributed by atoms with E-state index in [0.29, 0.717) is 6.61 Å². The van der Waals surface area contributed by atoms with E-state index >= 15 is 0 Å². The molecule has 20 heavy (non-hydrogen) atoms. The van der Waals surface area contributed by atoms with E-state index in [1.165, 1.54) is 0 Å². The minimum absolute atomic E-state index is 0.463. The predicted molar refractivity (Wildman–Crippen MR) is 87.0 cm³/mol. The largest absolute Gasteiger partial charge is 0.485 e. The van der Waals surface area contributed by atoms with Crippen LogP contribution < -0.4 is 4.74 Å². The predicted octanol–water partition coefficient (Wildman–Crippen LogP) is 4.70. The minimum atomic E-state index is 0.463. The van der Waals surface area contributed by atoms with Gasteiger partial charge in [-0.1, -0.05) is 28.1 Å². The molecule has 0 amide bonds. The van der Waals surface area contributed by atoms with Crippen LogP contribution in [0.25, 0.3) is 0 Å². The third kappa shape index (κ3) is 2.70. The number of hydrogen-bond donors (Lipinski definition) is 0. The van der Waals surface area contributed by atoms with E-state index < -0.39 is 0 Å². The summed E-state index contributed by atoms with van der Waals surface area (Å²) in [5.41, 5.74) is 3.43. The maximum Gasteiger partial charge on any atom is 0.145 e. The van der Waals surface area contributed by atoms with Crippen LogP contribution in [-0.4, -0.2) is 17.5 Å². The van der Waals surface area contributed by atoms with E-state index in [1.807, 2.05) is 42.5 Å². The Balaban J connectivity index is 2.02. The molecule has 5 heteroatoms. The number of nitrogens with zero attached hydrogens (tertiary/aromatic N) is 2. The number of benzene rings is 2. The molecule has 0 N–H and O–H groups in total. The van der Waals surface area contributed by atoms with Gasteiger partial charge in [-0.2, -0.15) is 4.99 Å². The first-order valence-corrected chi connectivity index (χ1v) is 7.14. The lowest BCUT2D eigenvalue weighted by molar-refractivity contribution is 0.373. The van der Waals surface area contributed by atoms with E-state index in [4.69, 9.17) is 4.74 Å². The summed E-state index contributed by atoms with van der Waals surface area (Å²) in [5, 5.41) is 2.35. The van der Waals surface area contributed by atoms with Crippen LogP contribution in [0.4, 0.5) is 11.4 Å². The average Bonchev–Trinajstić information content (AvgIpc) is 2.48. The summed E-state index contributed by atoms with van der Waals surface area (Å²) in [4.78, 5) is 8.60. The second-order valence-corrected chi connectivity index (χ2v) is 5.31. The number of aliphatic imine (C=N–C) groups is 2. The molecule has 1 heterocycles. The highest BCUT2D eigenvalue weighted by Gasteiger charge is 2.14. The Kier molecular flexibility index (Phi) is 3.74.